The molecule has 2 amide bonds. The summed E-state index contributed by atoms with van der Waals surface area (Å²) >= 11 is 5.79. The van der Waals surface area contributed by atoms with Gasteiger partial charge >= 0.3 is 0 Å². The molecule has 0 aliphatic heterocycles. The van der Waals surface area contributed by atoms with Crippen LogP contribution in [-0.4, -0.2) is 47.6 Å². The largest absolute Gasteiger partial charge is 0.393 e. The van der Waals surface area contributed by atoms with Gasteiger partial charge in [-0.15, -0.1) is 0 Å². The lowest BCUT2D eigenvalue weighted by atomic mass is 10.1. The van der Waals surface area contributed by atoms with Crippen LogP contribution in [0, 0.1) is 5.92 Å². The van der Waals surface area contributed by atoms with E-state index >= 15 is 0 Å². The van der Waals surface area contributed by atoms with Gasteiger partial charge in [-0.1, -0.05) is 18.0 Å². The Balaban J connectivity index is 1.88. The summed E-state index contributed by atoms with van der Waals surface area (Å²) in [5, 5.41) is 13.1. The molecular formula is C17H23ClN2O3. The molecule has 0 heterocycles. The summed E-state index contributed by atoms with van der Waals surface area (Å²) in [6.07, 6.45) is 2.40. The molecule has 1 saturated carbocycles. The lowest BCUT2D eigenvalue weighted by molar-refractivity contribution is -0.132. The number of rotatable bonds is 5. The molecule has 23 heavy (non-hydrogen) atoms. The third-order valence-electron chi connectivity index (χ3n) is 4.33. The van der Waals surface area contributed by atoms with Crippen molar-refractivity contribution in [2.24, 2.45) is 5.92 Å². The number of hydrogen-bond acceptors (Lipinski definition) is 3. The van der Waals surface area contributed by atoms with Gasteiger partial charge in [0.1, 0.15) is 6.04 Å². The Kier molecular flexibility index (Phi) is 6.02. The van der Waals surface area contributed by atoms with Gasteiger partial charge < -0.3 is 15.3 Å². The average molecular weight is 339 g/mol. The maximum Gasteiger partial charge on any atom is 0.251 e. The van der Waals surface area contributed by atoms with Crippen molar-refractivity contribution in [1.82, 2.24) is 10.2 Å². The zero-order valence-corrected chi connectivity index (χ0v) is 14.2. The number of carbonyl (C=O) groups is 2. The van der Waals surface area contributed by atoms with Crippen LogP contribution >= 0.6 is 11.6 Å². The van der Waals surface area contributed by atoms with Gasteiger partial charge in [-0.05, 0) is 44.0 Å². The highest BCUT2D eigenvalue weighted by atomic mass is 35.5. The highest BCUT2D eigenvalue weighted by molar-refractivity contribution is 6.30. The van der Waals surface area contributed by atoms with Crippen LogP contribution in [0.2, 0.25) is 5.02 Å². The van der Waals surface area contributed by atoms with Gasteiger partial charge in [0.25, 0.3) is 5.91 Å². The molecule has 1 aromatic rings. The van der Waals surface area contributed by atoms with Gasteiger partial charge in [-0.2, -0.15) is 0 Å². The van der Waals surface area contributed by atoms with E-state index in [9.17, 15) is 14.7 Å². The molecule has 0 spiro atoms. The minimum Gasteiger partial charge on any atom is -0.393 e. The summed E-state index contributed by atoms with van der Waals surface area (Å²) in [7, 11) is 1.71. The van der Waals surface area contributed by atoms with Crippen molar-refractivity contribution in [2.45, 2.75) is 38.3 Å². The standard InChI is InChI=1S/C17H23ClN2O3/c1-11(19-16(22)12-6-8-14(18)9-7-12)17(23)20(2)10-13-4-3-5-15(13)21/h6-9,11,13,15,21H,3-5,10H2,1-2H3,(H,19,22). The van der Waals surface area contributed by atoms with E-state index in [1.807, 2.05) is 0 Å². The average Bonchev–Trinajstić information content (AvgIpc) is 2.92. The van der Waals surface area contributed by atoms with Crippen molar-refractivity contribution in [2.75, 3.05) is 13.6 Å². The Bertz CT molecular complexity index is 561. The Morgan fingerprint density at radius 2 is 2.00 bits per heavy atom. The zero-order chi connectivity index (χ0) is 17.0. The topological polar surface area (TPSA) is 69.6 Å². The first-order valence-corrected chi connectivity index (χ1v) is 8.25. The summed E-state index contributed by atoms with van der Waals surface area (Å²) in [5.41, 5.74) is 0.461. The molecule has 2 rings (SSSR count). The lowest BCUT2D eigenvalue weighted by Crippen LogP contribution is -2.47. The second-order valence-electron chi connectivity index (χ2n) is 6.18. The van der Waals surface area contributed by atoms with E-state index in [0.717, 1.165) is 19.3 Å². The van der Waals surface area contributed by atoms with Crippen LogP contribution < -0.4 is 5.32 Å². The van der Waals surface area contributed by atoms with Crippen LogP contribution in [0.5, 0.6) is 0 Å². The van der Waals surface area contributed by atoms with Crippen LogP contribution in [0.1, 0.15) is 36.5 Å². The Hall–Kier alpha value is -1.59. The number of likely N-dealkylation sites (N-methyl/N-ethyl adjacent to an activating group) is 1. The van der Waals surface area contributed by atoms with Gasteiger partial charge in [-0.3, -0.25) is 9.59 Å². The predicted molar refractivity (Wildman–Crippen MR) is 89.4 cm³/mol. The smallest absolute Gasteiger partial charge is 0.251 e. The zero-order valence-electron chi connectivity index (χ0n) is 13.5. The maximum absolute atomic E-state index is 12.4. The molecule has 2 N–H and O–H groups in total. The molecule has 0 aromatic heterocycles. The molecule has 0 saturated heterocycles. The first-order chi connectivity index (χ1) is 10.9. The molecule has 126 valence electrons. The van der Waals surface area contributed by atoms with Crippen molar-refractivity contribution >= 4 is 23.4 Å². The molecule has 6 heteroatoms. The van der Waals surface area contributed by atoms with Crippen molar-refractivity contribution in [3.05, 3.63) is 34.9 Å². The first-order valence-electron chi connectivity index (χ1n) is 7.88. The van der Waals surface area contributed by atoms with Crippen molar-refractivity contribution in [1.29, 1.82) is 0 Å². The van der Waals surface area contributed by atoms with E-state index < -0.39 is 6.04 Å². The number of halogens is 1. The van der Waals surface area contributed by atoms with E-state index in [-0.39, 0.29) is 23.8 Å². The number of carbonyl (C=O) groups excluding carboxylic acids is 2. The summed E-state index contributed by atoms with van der Waals surface area (Å²) in [5.74, 6) is -0.341. The molecule has 0 radical (unpaired) electrons. The minimum atomic E-state index is -0.623. The van der Waals surface area contributed by atoms with Gasteiger partial charge in [0, 0.05) is 30.1 Å². The molecule has 1 aliphatic rings. The minimum absolute atomic E-state index is 0.128. The van der Waals surface area contributed by atoms with E-state index in [1.165, 1.54) is 0 Å². The summed E-state index contributed by atoms with van der Waals surface area (Å²) in [6.45, 7) is 2.18. The predicted octanol–water partition coefficient (Wildman–Crippen LogP) is 2.08. The molecular weight excluding hydrogens is 316 g/mol. The maximum atomic E-state index is 12.4. The molecule has 0 bridgehead atoms. The molecule has 1 fully saturated rings. The van der Waals surface area contributed by atoms with Crippen molar-refractivity contribution < 1.29 is 14.7 Å². The molecule has 5 nitrogen and oxygen atoms in total. The highest BCUT2D eigenvalue weighted by Crippen LogP contribution is 2.26. The normalized spacial score (nSPS) is 21.7. The monoisotopic (exact) mass is 338 g/mol. The van der Waals surface area contributed by atoms with Crippen LogP contribution in [0.4, 0.5) is 0 Å². The van der Waals surface area contributed by atoms with Gasteiger partial charge in [0.15, 0.2) is 0 Å². The second-order valence-corrected chi connectivity index (χ2v) is 6.62. The second kappa shape index (κ2) is 7.79. The first kappa shape index (κ1) is 17.8. The summed E-state index contributed by atoms with van der Waals surface area (Å²) in [6, 6.07) is 5.88. The van der Waals surface area contributed by atoms with Crippen LogP contribution in [0.15, 0.2) is 24.3 Å². The van der Waals surface area contributed by atoms with Crippen LogP contribution in [0.25, 0.3) is 0 Å². The van der Waals surface area contributed by atoms with Crippen molar-refractivity contribution in [3.63, 3.8) is 0 Å². The molecule has 1 aliphatic carbocycles. The Morgan fingerprint density at radius 3 is 2.57 bits per heavy atom. The lowest BCUT2D eigenvalue weighted by Gasteiger charge is -2.26. The SMILES string of the molecule is CC(NC(=O)c1ccc(Cl)cc1)C(=O)N(C)CC1CCCC1O. The summed E-state index contributed by atoms with van der Waals surface area (Å²) in [4.78, 5) is 26.1. The molecule has 3 atom stereocenters. The van der Waals surface area contributed by atoms with E-state index in [0.29, 0.717) is 17.1 Å². The number of nitrogens with one attached hydrogen (secondary N) is 1. The third kappa shape index (κ3) is 4.69. The van der Waals surface area contributed by atoms with Gasteiger partial charge in [0.2, 0.25) is 5.91 Å². The Labute approximate surface area is 141 Å². The van der Waals surface area contributed by atoms with E-state index in [2.05, 4.69) is 5.32 Å². The molecule has 3 unspecified atom stereocenters. The van der Waals surface area contributed by atoms with E-state index in [4.69, 9.17) is 11.6 Å². The fourth-order valence-electron chi connectivity index (χ4n) is 2.95. The Morgan fingerprint density at radius 1 is 1.35 bits per heavy atom. The summed E-state index contributed by atoms with van der Waals surface area (Å²) < 4.78 is 0. The fraction of sp³-hybridized carbons (Fsp3) is 0.529. The number of hydrogen-bond donors (Lipinski definition) is 2. The fourth-order valence-corrected chi connectivity index (χ4v) is 3.07. The van der Waals surface area contributed by atoms with Crippen molar-refractivity contribution in [3.8, 4) is 0 Å². The van der Waals surface area contributed by atoms with Crippen LogP contribution in [0.3, 0.4) is 0 Å². The number of aliphatic hydroxyl groups is 1. The third-order valence-corrected chi connectivity index (χ3v) is 4.58. The quantitative estimate of drug-likeness (QED) is 0.863. The van der Waals surface area contributed by atoms with E-state index in [1.54, 1.807) is 43.1 Å². The number of nitrogens with zero attached hydrogens (tertiary/aromatic N) is 1. The van der Waals surface area contributed by atoms with Crippen LogP contribution in [-0.2, 0) is 4.79 Å². The molecule has 1 aromatic carbocycles. The highest BCUT2D eigenvalue weighted by Gasteiger charge is 2.29. The number of amides is 2. The van der Waals surface area contributed by atoms with Gasteiger partial charge in [-0.25, -0.2) is 0 Å². The number of benzene rings is 1. The number of aliphatic hydroxyl groups excluding tert-OH is 1. The van der Waals surface area contributed by atoms with Gasteiger partial charge in [0.05, 0.1) is 6.10 Å².